The zero-order valence-electron chi connectivity index (χ0n) is 10.4. The molecule has 0 aromatic heterocycles. The number of ketones is 1. The van der Waals surface area contributed by atoms with Crippen molar-refractivity contribution in [3.05, 3.63) is 35.7 Å². The van der Waals surface area contributed by atoms with Gasteiger partial charge < -0.3 is 14.4 Å². The number of carbonyl (C=O) groups excluding carboxylic acids is 1. The highest BCUT2D eigenvalue weighted by molar-refractivity contribution is 9.09. The van der Waals surface area contributed by atoms with Crippen LogP contribution >= 0.6 is 15.9 Å². The van der Waals surface area contributed by atoms with Gasteiger partial charge in [-0.15, -0.1) is 0 Å². The Hall–Kier alpha value is -1.49. The van der Waals surface area contributed by atoms with Gasteiger partial charge in [0, 0.05) is 14.1 Å². The van der Waals surface area contributed by atoms with Gasteiger partial charge in [0.2, 0.25) is 16.7 Å². The average Bonchev–Trinajstić information content (AvgIpc) is 2.66. The molecule has 0 bridgehead atoms. The van der Waals surface area contributed by atoms with E-state index in [1.165, 1.54) is 0 Å². The maximum absolute atomic E-state index is 12.1. The number of halogens is 1. The fourth-order valence-corrected chi connectivity index (χ4v) is 2.21. The van der Waals surface area contributed by atoms with Crippen molar-refractivity contribution in [3.63, 3.8) is 0 Å². The minimum Gasteiger partial charge on any atom is -0.497 e. The molecular weight excluding hydrogens is 298 g/mol. The Morgan fingerprint density at radius 2 is 2.11 bits per heavy atom. The molecule has 1 heterocycles. The van der Waals surface area contributed by atoms with E-state index >= 15 is 0 Å². The van der Waals surface area contributed by atoms with E-state index in [-0.39, 0.29) is 5.78 Å². The molecule has 1 unspecified atom stereocenters. The number of alkyl halides is 1. The second-order valence-corrected chi connectivity index (χ2v) is 4.94. The number of carbonyl (C=O) groups is 1. The number of hydrogen-bond donors (Lipinski definition) is 0. The molecule has 96 valence electrons. The lowest BCUT2D eigenvalue weighted by Crippen LogP contribution is -2.13. The van der Waals surface area contributed by atoms with Crippen LogP contribution in [0.4, 0.5) is 0 Å². The number of methoxy groups -OCH3 is 1. The number of benzene rings is 1. The molecule has 1 aromatic carbocycles. The van der Waals surface area contributed by atoms with E-state index in [4.69, 9.17) is 9.47 Å². The Balaban J connectivity index is 2.51. The smallest absolute Gasteiger partial charge is 0.220 e. The predicted octanol–water partition coefficient (Wildman–Crippen LogP) is 2.25. The zero-order chi connectivity index (χ0) is 13.3. The highest BCUT2D eigenvalue weighted by Crippen LogP contribution is 2.34. The second kappa shape index (κ2) is 5.02. The SMILES string of the molecule is COc1cccc(C2=C(N(C)C)OC(Br)C2=O)c1. The summed E-state index contributed by atoms with van der Waals surface area (Å²) in [5.74, 6) is 1.20. The second-order valence-electron chi connectivity index (χ2n) is 4.10. The number of nitrogens with zero attached hydrogens (tertiary/aromatic N) is 1. The molecule has 1 atom stereocenters. The van der Waals surface area contributed by atoms with E-state index in [2.05, 4.69) is 15.9 Å². The molecule has 0 spiro atoms. The summed E-state index contributed by atoms with van der Waals surface area (Å²) in [4.78, 5) is 13.9. The largest absolute Gasteiger partial charge is 0.497 e. The third kappa shape index (κ3) is 2.22. The Labute approximate surface area is 114 Å². The summed E-state index contributed by atoms with van der Waals surface area (Å²) < 4.78 is 10.7. The number of hydrogen-bond acceptors (Lipinski definition) is 4. The van der Waals surface area contributed by atoms with Gasteiger partial charge in [0.25, 0.3) is 0 Å². The maximum Gasteiger partial charge on any atom is 0.220 e. The normalized spacial score (nSPS) is 18.9. The lowest BCUT2D eigenvalue weighted by molar-refractivity contribution is -0.116. The molecule has 0 radical (unpaired) electrons. The lowest BCUT2D eigenvalue weighted by atomic mass is 10.0. The summed E-state index contributed by atoms with van der Waals surface area (Å²) >= 11 is 3.21. The van der Waals surface area contributed by atoms with E-state index < -0.39 is 5.01 Å². The van der Waals surface area contributed by atoms with Crippen LogP contribution in [0.25, 0.3) is 5.57 Å². The van der Waals surface area contributed by atoms with Crippen LogP contribution in [0.2, 0.25) is 0 Å². The summed E-state index contributed by atoms with van der Waals surface area (Å²) in [7, 11) is 5.28. The Kier molecular flexibility index (Phi) is 3.61. The fourth-order valence-electron chi connectivity index (χ4n) is 1.80. The molecule has 1 aliphatic heterocycles. The van der Waals surface area contributed by atoms with Crippen LogP contribution in [-0.4, -0.2) is 36.9 Å². The van der Waals surface area contributed by atoms with Crippen LogP contribution in [0.3, 0.4) is 0 Å². The highest BCUT2D eigenvalue weighted by atomic mass is 79.9. The summed E-state index contributed by atoms with van der Waals surface area (Å²) in [6.07, 6.45) is 0. The van der Waals surface area contributed by atoms with E-state index in [9.17, 15) is 4.79 Å². The summed E-state index contributed by atoms with van der Waals surface area (Å²) in [5.41, 5.74) is 1.37. The molecule has 1 aromatic rings. The van der Waals surface area contributed by atoms with Crippen molar-refractivity contribution in [2.75, 3.05) is 21.2 Å². The molecule has 0 aliphatic carbocycles. The van der Waals surface area contributed by atoms with Gasteiger partial charge >= 0.3 is 0 Å². The summed E-state index contributed by atoms with van der Waals surface area (Å²) in [6.45, 7) is 0. The van der Waals surface area contributed by atoms with Gasteiger partial charge in [0.05, 0.1) is 12.7 Å². The monoisotopic (exact) mass is 311 g/mol. The molecule has 5 heteroatoms. The van der Waals surface area contributed by atoms with Crippen LogP contribution in [0.1, 0.15) is 5.56 Å². The van der Waals surface area contributed by atoms with Gasteiger partial charge in [-0.1, -0.05) is 12.1 Å². The lowest BCUT2D eigenvalue weighted by Gasteiger charge is -2.15. The van der Waals surface area contributed by atoms with Crippen molar-refractivity contribution < 1.29 is 14.3 Å². The van der Waals surface area contributed by atoms with Crippen LogP contribution in [-0.2, 0) is 9.53 Å². The van der Waals surface area contributed by atoms with Crippen LogP contribution in [0.15, 0.2) is 30.1 Å². The van der Waals surface area contributed by atoms with Gasteiger partial charge in [-0.05, 0) is 33.6 Å². The van der Waals surface area contributed by atoms with E-state index in [1.54, 1.807) is 12.0 Å². The van der Waals surface area contributed by atoms with Crippen molar-refractivity contribution in [2.45, 2.75) is 5.01 Å². The minimum atomic E-state index is -0.615. The fraction of sp³-hybridized carbons (Fsp3) is 0.308. The third-order valence-electron chi connectivity index (χ3n) is 2.65. The average molecular weight is 312 g/mol. The van der Waals surface area contributed by atoms with Crippen molar-refractivity contribution in [2.24, 2.45) is 0 Å². The summed E-state index contributed by atoms with van der Waals surface area (Å²) in [6, 6.07) is 7.38. The van der Waals surface area contributed by atoms with E-state index in [1.807, 2.05) is 38.4 Å². The van der Waals surface area contributed by atoms with Gasteiger partial charge in [-0.2, -0.15) is 0 Å². The Morgan fingerprint density at radius 3 is 2.72 bits per heavy atom. The predicted molar refractivity (Wildman–Crippen MR) is 72.4 cm³/mol. The molecule has 4 nitrogen and oxygen atoms in total. The maximum atomic E-state index is 12.1. The van der Waals surface area contributed by atoms with Crippen LogP contribution in [0.5, 0.6) is 5.75 Å². The topological polar surface area (TPSA) is 38.8 Å². The first-order chi connectivity index (χ1) is 8.54. The quantitative estimate of drug-likeness (QED) is 0.803. The van der Waals surface area contributed by atoms with Crippen molar-refractivity contribution in [1.29, 1.82) is 0 Å². The van der Waals surface area contributed by atoms with Gasteiger partial charge in [-0.3, -0.25) is 4.79 Å². The molecule has 0 saturated heterocycles. The minimum absolute atomic E-state index is 0.0769. The third-order valence-corrected chi connectivity index (χ3v) is 3.25. The van der Waals surface area contributed by atoms with Gasteiger partial charge in [0.15, 0.2) is 0 Å². The number of ether oxygens (including phenoxy) is 2. The van der Waals surface area contributed by atoms with E-state index in [0.717, 1.165) is 5.56 Å². The van der Waals surface area contributed by atoms with Crippen LogP contribution < -0.4 is 4.74 Å². The molecule has 0 amide bonds. The first kappa shape index (κ1) is 13.0. The molecule has 1 aliphatic rings. The van der Waals surface area contributed by atoms with E-state index in [0.29, 0.717) is 17.2 Å². The van der Waals surface area contributed by atoms with Crippen LogP contribution in [0, 0.1) is 0 Å². The molecular formula is C13H14BrNO3. The Morgan fingerprint density at radius 1 is 1.39 bits per heavy atom. The molecule has 18 heavy (non-hydrogen) atoms. The molecule has 0 N–H and O–H groups in total. The molecule has 0 saturated carbocycles. The number of rotatable bonds is 3. The highest BCUT2D eigenvalue weighted by Gasteiger charge is 2.35. The number of Topliss-reactive ketones (excluding diaryl/α,β-unsaturated/α-hetero) is 1. The van der Waals surface area contributed by atoms with Gasteiger partial charge in [-0.25, -0.2) is 0 Å². The zero-order valence-corrected chi connectivity index (χ0v) is 12.0. The Bertz CT molecular complexity index is 511. The summed E-state index contributed by atoms with van der Waals surface area (Å²) in [5, 5.41) is -0.615. The van der Waals surface area contributed by atoms with Gasteiger partial charge in [0.1, 0.15) is 5.75 Å². The molecule has 2 rings (SSSR count). The standard InChI is InChI=1S/C13H14BrNO3/c1-15(2)13-10(11(16)12(14)18-13)8-5-4-6-9(7-8)17-3/h4-7,12H,1-3H3. The van der Waals surface area contributed by atoms with Crippen molar-refractivity contribution >= 4 is 27.3 Å². The van der Waals surface area contributed by atoms with Crippen molar-refractivity contribution in [3.8, 4) is 5.75 Å². The first-order valence-corrected chi connectivity index (χ1v) is 6.37. The first-order valence-electron chi connectivity index (χ1n) is 5.45. The molecule has 0 fully saturated rings. The van der Waals surface area contributed by atoms with Crippen molar-refractivity contribution in [1.82, 2.24) is 4.90 Å².